The molecule has 2 aromatic heterocycles. The Morgan fingerprint density at radius 1 is 1.00 bits per heavy atom. The maximum absolute atomic E-state index is 13.8. The molecule has 1 atom stereocenters. The molecule has 6 heteroatoms. The number of aromatic amines is 1. The molecule has 2 N–H and O–H groups in total. The maximum atomic E-state index is 13.8. The summed E-state index contributed by atoms with van der Waals surface area (Å²) in [5.74, 6) is 0.832. The third kappa shape index (κ3) is 4.43. The van der Waals surface area contributed by atoms with E-state index in [-0.39, 0.29) is 17.4 Å². The summed E-state index contributed by atoms with van der Waals surface area (Å²) in [6, 6.07) is 21.2. The van der Waals surface area contributed by atoms with Crippen molar-refractivity contribution in [1.29, 1.82) is 0 Å². The highest BCUT2D eigenvalue weighted by molar-refractivity contribution is 5.56. The number of rotatable bonds is 6. The van der Waals surface area contributed by atoms with Crippen molar-refractivity contribution >= 4 is 5.82 Å². The van der Waals surface area contributed by atoms with Gasteiger partial charge in [-0.3, -0.25) is 4.79 Å². The molecule has 4 aromatic rings. The van der Waals surface area contributed by atoms with Crippen LogP contribution in [0.15, 0.2) is 83.8 Å². The van der Waals surface area contributed by atoms with Crippen molar-refractivity contribution < 1.29 is 4.39 Å². The molecular weight excluding hydrogens is 379 g/mol. The molecule has 4 rings (SSSR count). The number of hydrogen-bond donors (Lipinski definition) is 2. The summed E-state index contributed by atoms with van der Waals surface area (Å²) in [6.07, 6.45) is 2.34. The number of anilines is 1. The normalized spacial score (nSPS) is 11.8. The van der Waals surface area contributed by atoms with Crippen LogP contribution in [0.4, 0.5) is 10.2 Å². The predicted molar refractivity (Wildman–Crippen MR) is 116 cm³/mol. The molecule has 0 aliphatic heterocycles. The lowest BCUT2D eigenvalue weighted by atomic mass is 9.98. The number of nitrogens with zero attached hydrogens (tertiary/aromatic N) is 2. The summed E-state index contributed by atoms with van der Waals surface area (Å²) in [6.45, 7) is 1.95. The fraction of sp³-hybridized carbons (Fsp3) is 0.125. The fourth-order valence-corrected chi connectivity index (χ4v) is 3.28. The minimum atomic E-state index is -0.288. The molecule has 0 radical (unpaired) electrons. The number of halogens is 1. The molecule has 150 valence electrons. The van der Waals surface area contributed by atoms with Crippen LogP contribution >= 0.6 is 0 Å². The van der Waals surface area contributed by atoms with Crippen LogP contribution in [0.1, 0.15) is 29.8 Å². The van der Waals surface area contributed by atoms with Gasteiger partial charge in [-0.15, -0.1) is 0 Å². The number of aromatic nitrogens is 3. The number of pyridine rings is 1. The largest absolute Gasteiger partial charge is 0.359 e. The van der Waals surface area contributed by atoms with E-state index in [1.807, 2.05) is 55.5 Å². The molecule has 30 heavy (non-hydrogen) atoms. The summed E-state index contributed by atoms with van der Waals surface area (Å²) >= 11 is 0. The van der Waals surface area contributed by atoms with Crippen molar-refractivity contribution in [2.75, 3.05) is 5.32 Å². The summed E-state index contributed by atoms with van der Waals surface area (Å²) < 4.78 is 13.8. The summed E-state index contributed by atoms with van der Waals surface area (Å²) in [7, 11) is 0. The van der Waals surface area contributed by atoms with Crippen molar-refractivity contribution in [3.63, 3.8) is 0 Å². The first kappa shape index (κ1) is 19.5. The van der Waals surface area contributed by atoms with Gasteiger partial charge in [0.2, 0.25) is 0 Å². The minimum Gasteiger partial charge on any atom is -0.359 e. The number of H-pyrrole nitrogens is 1. The molecule has 0 saturated heterocycles. The molecular formula is C24H21FN4O. The Kier molecular flexibility index (Phi) is 5.66. The van der Waals surface area contributed by atoms with Gasteiger partial charge in [-0.2, -0.15) is 0 Å². The smallest absolute Gasteiger partial charge is 0.251 e. The highest BCUT2D eigenvalue weighted by atomic mass is 19.1. The van der Waals surface area contributed by atoms with Crippen molar-refractivity contribution in [2.45, 2.75) is 19.4 Å². The second kappa shape index (κ2) is 8.69. The second-order valence-electron chi connectivity index (χ2n) is 6.91. The Hall–Kier alpha value is -3.80. The standard InChI is InChI=1S/C24H21FN4O/c1-2-20-14-22(30)29-24(27-20)18-11-12-21(26-15-18)28-23(16-7-4-3-5-8-16)17-9-6-10-19(25)13-17/h3-15,23H,2H2,1H3,(H,26,28)(H,27,29,30). The summed E-state index contributed by atoms with van der Waals surface area (Å²) in [5.41, 5.74) is 3.06. The van der Waals surface area contributed by atoms with E-state index >= 15 is 0 Å². The van der Waals surface area contributed by atoms with Crippen LogP contribution in [-0.4, -0.2) is 15.0 Å². The van der Waals surface area contributed by atoms with Gasteiger partial charge in [-0.05, 0) is 41.8 Å². The molecule has 0 saturated carbocycles. The van der Waals surface area contributed by atoms with Crippen LogP contribution in [0, 0.1) is 5.82 Å². The zero-order valence-electron chi connectivity index (χ0n) is 16.5. The van der Waals surface area contributed by atoms with Gasteiger partial charge in [0.1, 0.15) is 17.5 Å². The number of aryl methyl sites for hydroxylation is 1. The molecule has 1 unspecified atom stereocenters. The van der Waals surface area contributed by atoms with E-state index in [1.54, 1.807) is 12.3 Å². The van der Waals surface area contributed by atoms with Crippen LogP contribution in [0.5, 0.6) is 0 Å². The molecule has 5 nitrogen and oxygen atoms in total. The maximum Gasteiger partial charge on any atom is 0.251 e. The molecule has 2 heterocycles. The van der Waals surface area contributed by atoms with Crippen LogP contribution < -0.4 is 10.9 Å². The number of nitrogens with one attached hydrogen (secondary N) is 2. The zero-order chi connectivity index (χ0) is 20.9. The Bertz CT molecular complexity index is 1190. The molecule has 0 bridgehead atoms. The lowest BCUT2D eigenvalue weighted by molar-refractivity contribution is 0.624. The summed E-state index contributed by atoms with van der Waals surface area (Å²) in [4.78, 5) is 23.5. The first-order chi connectivity index (χ1) is 14.6. The fourth-order valence-electron chi connectivity index (χ4n) is 3.28. The predicted octanol–water partition coefficient (Wildman–Crippen LogP) is 4.73. The van der Waals surface area contributed by atoms with Gasteiger partial charge >= 0.3 is 0 Å². The highest BCUT2D eigenvalue weighted by Crippen LogP contribution is 2.27. The average Bonchev–Trinajstić information content (AvgIpc) is 2.78. The van der Waals surface area contributed by atoms with Crippen LogP contribution in [-0.2, 0) is 6.42 Å². The van der Waals surface area contributed by atoms with Gasteiger partial charge in [-0.1, -0.05) is 49.4 Å². The average molecular weight is 400 g/mol. The Balaban J connectivity index is 1.64. The third-order valence-electron chi connectivity index (χ3n) is 4.80. The SMILES string of the molecule is CCc1cc(=O)[nH]c(-c2ccc(NC(c3ccccc3)c3cccc(F)c3)nc2)n1. The van der Waals surface area contributed by atoms with E-state index in [1.165, 1.54) is 18.2 Å². The van der Waals surface area contributed by atoms with Crippen LogP contribution in [0.25, 0.3) is 11.4 Å². The molecule has 0 spiro atoms. The van der Waals surface area contributed by atoms with Gasteiger partial charge in [0.05, 0.1) is 6.04 Å². The molecule has 0 fully saturated rings. The first-order valence-corrected chi connectivity index (χ1v) is 9.76. The van der Waals surface area contributed by atoms with E-state index in [4.69, 9.17) is 0 Å². The minimum absolute atomic E-state index is 0.186. The van der Waals surface area contributed by atoms with Crippen molar-refractivity contribution in [3.8, 4) is 11.4 Å². The number of hydrogen-bond acceptors (Lipinski definition) is 4. The zero-order valence-corrected chi connectivity index (χ0v) is 16.5. The van der Waals surface area contributed by atoms with Gasteiger partial charge in [-0.25, -0.2) is 14.4 Å². The van der Waals surface area contributed by atoms with E-state index in [0.29, 0.717) is 18.1 Å². The molecule has 2 aromatic carbocycles. The summed E-state index contributed by atoms with van der Waals surface area (Å²) in [5, 5.41) is 3.38. The Morgan fingerprint density at radius 3 is 2.50 bits per heavy atom. The van der Waals surface area contributed by atoms with Gasteiger partial charge in [0.25, 0.3) is 5.56 Å². The van der Waals surface area contributed by atoms with Crippen molar-refractivity contribution in [1.82, 2.24) is 15.0 Å². The Labute approximate surface area is 173 Å². The number of benzene rings is 2. The lowest BCUT2D eigenvalue weighted by Gasteiger charge is -2.20. The second-order valence-corrected chi connectivity index (χ2v) is 6.91. The van der Waals surface area contributed by atoms with Gasteiger partial charge < -0.3 is 10.3 Å². The lowest BCUT2D eigenvalue weighted by Crippen LogP contribution is -2.13. The first-order valence-electron chi connectivity index (χ1n) is 9.76. The quantitative estimate of drug-likeness (QED) is 0.491. The van der Waals surface area contributed by atoms with E-state index in [0.717, 1.165) is 22.4 Å². The van der Waals surface area contributed by atoms with Gasteiger partial charge in [0.15, 0.2) is 0 Å². The van der Waals surface area contributed by atoms with Crippen molar-refractivity contribution in [3.05, 3.63) is 112 Å². The molecule has 0 aliphatic rings. The molecule has 0 amide bonds. The third-order valence-corrected chi connectivity index (χ3v) is 4.80. The van der Waals surface area contributed by atoms with E-state index in [2.05, 4.69) is 20.3 Å². The Morgan fingerprint density at radius 2 is 1.80 bits per heavy atom. The monoisotopic (exact) mass is 400 g/mol. The van der Waals surface area contributed by atoms with Crippen molar-refractivity contribution in [2.24, 2.45) is 0 Å². The van der Waals surface area contributed by atoms with Gasteiger partial charge in [0, 0.05) is 23.5 Å². The van der Waals surface area contributed by atoms with Crippen LogP contribution in [0.2, 0.25) is 0 Å². The van der Waals surface area contributed by atoms with E-state index < -0.39 is 0 Å². The molecule has 0 aliphatic carbocycles. The van der Waals surface area contributed by atoms with Crippen LogP contribution in [0.3, 0.4) is 0 Å². The highest BCUT2D eigenvalue weighted by Gasteiger charge is 2.15. The van der Waals surface area contributed by atoms with E-state index in [9.17, 15) is 9.18 Å². The topological polar surface area (TPSA) is 70.7 Å².